The lowest BCUT2D eigenvalue weighted by molar-refractivity contribution is 0.880. The van der Waals surface area contributed by atoms with Gasteiger partial charge in [-0.1, -0.05) is 60.1 Å². The minimum Gasteiger partial charge on any atom is -0.373 e. The summed E-state index contributed by atoms with van der Waals surface area (Å²) >= 11 is 5.91. The predicted molar refractivity (Wildman–Crippen MR) is 128 cm³/mol. The monoisotopic (exact) mass is 429 g/mol. The van der Waals surface area contributed by atoms with Gasteiger partial charge in [-0.15, -0.1) is 0 Å². The highest BCUT2D eigenvalue weighted by Crippen LogP contribution is 2.25. The van der Waals surface area contributed by atoms with Gasteiger partial charge >= 0.3 is 0 Å². The lowest BCUT2D eigenvalue weighted by Gasteiger charge is -2.20. The summed E-state index contributed by atoms with van der Waals surface area (Å²) in [5.74, 6) is 0. The summed E-state index contributed by atoms with van der Waals surface area (Å²) in [4.78, 5) is 28.6. The van der Waals surface area contributed by atoms with Crippen LogP contribution in [0.25, 0.3) is 12.2 Å². The molecule has 0 aliphatic heterocycles. The van der Waals surface area contributed by atoms with Crippen molar-refractivity contribution in [3.8, 4) is 0 Å². The normalized spacial score (nSPS) is 12.2. The molecule has 0 radical (unpaired) electrons. The molecule has 0 saturated heterocycles. The SMILES string of the molecule is C[C@@H](Nc1c(Nc2ccnc(C=Cc3ccc(Cl)cc3)c2)c(=O)c1=O)c1ccccc1. The first-order valence-corrected chi connectivity index (χ1v) is 10.2. The van der Waals surface area contributed by atoms with Gasteiger partial charge in [0, 0.05) is 22.9 Å². The van der Waals surface area contributed by atoms with Crippen LogP contribution in [0.3, 0.4) is 0 Å². The zero-order valence-corrected chi connectivity index (χ0v) is 17.6. The summed E-state index contributed by atoms with van der Waals surface area (Å²) in [7, 11) is 0. The lowest BCUT2D eigenvalue weighted by atomic mass is 10.1. The van der Waals surface area contributed by atoms with Gasteiger partial charge in [-0.25, -0.2) is 0 Å². The topological polar surface area (TPSA) is 71.1 Å². The van der Waals surface area contributed by atoms with Gasteiger partial charge < -0.3 is 10.6 Å². The van der Waals surface area contributed by atoms with E-state index in [1.165, 1.54) is 0 Å². The number of hydrogen-bond acceptors (Lipinski definition) is 5. The number of hydrogen-bond donors (Lipinski definition) is 2. The van der Waals surface area contributed by atoms with Crippen molar-refractivity contribution >= 4 is 40.8 Å². The van der Waals surface area contributed by atoms with E-state index >= 15 is 0 Å². The van der Waals surface area contributed by atoms with Crippen LogP contribution < -0.4 is 21.5 Å². The van der Waals surface area contributed by atoms with Crippen molar-refractivity contribution in [3.05, 3.63) is 115 Å². The predicted octanol–water partition coefficient (Wildman–Crippen LogP) is 5.42. The molecule has 0 amide bonds. The van der Waals surface area contributed by atoms with Crippen molar-refractivity contribution in [2.24, 2.45) is 0 Å². The average molecular weight is 430 g/mol. The molecule has 0 spiro atoms. The number of aromatic nitrogens is 1. The first-order chi connectivity index (χ1) is 15.0. The molecule has 4 rings (SSSR count). The molecule has 1 atom stereocenters. The van der Waals surface area contributed by atoms with E-state index in [-0.39, 0.29) is 11.7 Å². The van der Waals surface area contributed by atoms with Crippen LogP contribution in [0.4, 0.5) is 17.1 Å². The molecule has 0 unspecified atom stereocenters. The second-order valence-corrected chi connectivity index (χ2v) is 7.60. The molecule has 0 bridgehead atoms. The molecule has 154 valence electrons. The molecule has 31 heavy (non-hydrogen) atoms. The largest absolute Gasteiger partial charge is 0.373 e. The molecule has 0 fully saturated rings. The summed E-state index contributed by atoms with van der Waals surface area (Å²) in [6.45, 7) is 1.95. The maximum absolute atomic E-state index is 12.2. The van der Waals surface area contributed by atoms with Gasteiger partial charge in [-0.3, -0.25) is 14.6 Å². The Kier molecular flexibility index (Phi) is 5.96. The average Bonchev–Trinajstić information content (AvgIpc) is 2.81. The van der Waals surface area contributed by atoms with E-state index in [0.717, 1.165) is 11.1 Å². The van der Waals surface area contributed by atoms with E-state index in [4.69, 9.17) is 11.6 Å². The first kappa shape index (κ1) is 20.6. The molecule has 6 heteroatoms. The Morgan fingerprint density at radius 2 is 1.61 bits per heavy atom. The standard InChI is InChI=1S/C25H20ClN3O2/c1-16(18-5-3-2-4-6-18)28-22-23(25(31)24(22)30)29-21-13-14-27-20(15-21)12-9-17-7-10-19(26)11-8-17/h2-16,28H,1H3,(H,27,29)/t16-/m1/s1. The third kappa shape index (κ3) is 4.73. The van der Waals surface area contributed by atoms with E-state index in [1.54, 1.807) is 12.3 Å². The number of benzene rings is 2. The second kappa shape index (κ2) is 8.98. The van der Waals surface area contributed by atoms with Crippen molar-refractivity contribution in [1.29, 1.82) is 0 Å². The van der Waals surface area contributed by atoms with E-state index in [2.05, 4.69) is 15.6 Å². The number of anilines is 3. The molecule has 3 aromatic carbocycles. The summed E-state index contributed by atoms with van der Waals surface area (Å²) in [6.07, 6.45) is 5.44. The van der Waals surface area contributed by atoms with Crippen LogP contribution in [0.1, 0.15) is 29.8 Å². The van der Waals surface area contributed by atoms with Crippen molar-refractivity contribution in [2.75, 3.05) is 10.6 Å². The molecule has 1 aromatic heterocycles. The van der Waals surface area contributed by atoms with E-state index in [9.17, 15) is 9.59 Å². The fourth-order valence-electron chi connectivity index (χ4n) is 3.21. The Morgan fingerprint density at radius 1 is 0.903 bits per heavy atom. The second-order valence-electron chi connectivity index (χ2n) is 7.16. The van der Waals surface area contributed by atoms with Crippen molar-refractivity contribution < 1.29 is 0 Å². The molecule has 1 heterocycles. The number of halogens is 1. The molecular weight excluding hydrogens is 410 g/mol. The summed E-state index contributed by atoms with van der Waals surface area (Å²) in [5, 5.41) is 6.90. The fraction of sp³-hybridized carbons (Fsp3) is 0.0800. The minimum atomic E-state index is -0.530. The van der Waals surface area contributed by atoms with Crippen LogP contribution in [-0.4, -0.2) is 4.98 Å². The molecule has 0 saturated carbocycles. The van der Waals surface area contributed by atoms with Gasteiger partial charge in [0.15, 0.2) is 0 Å². The number of pyridine rings is 1. The van der Waals surface area contributed by atoms with E-state index in [1.807, 2.05) is 79.7 Å². The zero-order valence-electron chi connectivity index (χ0n) is 16.8. The van der Waals surface area contributed by atoms with Gasteiger partial charge in [0.05, 0.1) is 5.69 Å². The van der Waals surface area contributed by atoms with Crippen molar-refractivity contribution in [2.45, 2.75) is 13.0 Å². The third-order valence-electron chi connectivity index (χ3n) is 4.94. The number of nitrogens with one attached hydrogen (secondary N) is 2. The maximum atomic E-state index is 12.2. The maximum Gasteiger partial charge on any atom is 0.253 e. The van der Waals surface area contributed by atoms with Gasteiger partial charge in [0.2, 0.25) is 0 Å². The molecule has 0 aliphatic rings. The van der Waals surface area contributed by atoms with Crippen LogP contribution in [0.5, 0.6) is 0 Å². The molecule has 0 aliphatic carbocycles. The van der Waals surface area contributed by atoms with E-state index in [0.29, 0.717) is 22.1 Å². The molecule has 4 aromatic rings. The lowest BCUT2D eigenvalue weighted by Crippen LogP contribution is -2.37. The highest BCUT2D eigenvalue weighted by molar-refractivity contribution is 6.30. The number of nitrogens with zero attached hydrogens (tertiary/aromatic N) is 1. The Hall–Kier alpha value is -3.70. The third-order valence-corrected chi connectivity index (χ3v) is 5.19. The Balaban J connectivity index is 1.51. The minimum absolute atomic E-state index is 0.111. The van der Waals surface area contributed by atoms with Gasteiger partial charge in [-0.05, 0) is 48.4 Å². The Bertz CT molecular complexity index is 1290. The molecular formula is C25H20ClN3O2. The Labute approximate surface area is 184 Å². The summed E-state index contributed by atoms with van der Waals surface area (Å²) < 4.78 is 0. The quantitative estimate of drug-likeness (QED) is 0.384. The Morgan fingerprint density at radius 3 is 2.35 bits per heavy atom. The fourth-order valence-corrected chi connectivity index (χ4v) is 3.33. The highest BCUT2D eigenvalue weighted by Gasteiger charge is 2.22. The van der Waals surface area contributed by atoms with Crippen molar-refractivity contribution in [1.82, 2.24) is 4.98 Å². The molecule has 2 N–H and O–H groups in total. The highest BCUT2D eigenvalue weighted by atomic mass is 35.5. The van der Waals surface area contributed by atoms with Crippen LogP contribution in [0.15, 0.2) is 82.5 Å². The zero-order chi connectivity index (χ0) is 21.8. The summed E-state index contributed by atoms with van der Waals surface area (Å²) in [5.41, 5.74) is 2.94. The van der Waals surface area contributed by atoms with E-state index < -0.39 is 10.9 Å². The van der Waals surface area contributed by atoms with Crippen LogP contribution in [-0.2, 0) is 0 Å². The first-order valence-electron chi connectivity index (χ1n) is 9.83. The van der Waals surface area contributed by atoms with Gasteiger partial charge in [-0.2, -0.15) is 0 Å². The molecule has 5 nitrogen and oxygen atoms in total. The van der Waals surface area contributed by atoms with Gasteiger partial charge in [0.1, 0.15) is 11.4 Å². The number of rotatable bonds is 7. The van der Waals surface area contributed by atoms with Crippen LogP contribution >= 0.6 is 11.6 Å². The summed E-state index contributed by atoms with van der Waals surface area (Å²) in [6, 6.07) is 20.7. The van der Waals surface area contributed by atoms with Gasteiger partial charge in [0.25, 0.3) is 10.9 Å². The van der Waals surface area contributed by atoms with Crippen molar-refractivity contribution in [3.63, 3.8) is 0 Å². The van der Waals surface area contributed by atoms with Crippen LogP contribution in [0, 0.1) is 0 Å². The smallest absolute Gasteiger partial charge is 0.253 e. The van der Waals surface area contributed by atoms with Crippen LogP contribution in [0.2, 0.25) is 5.02 Å².